The van der Waals surface area contributed by atoms with Crippen molar-refractivity contribution in [3.8, 4) is 0 Å². The summed E-state index contributed by atoms with van der Waals surface area (Å²) in [4.78, 5) is 13.5. The number of aromatic nitrogens is 2. The third-order valence-electron chi connectivity index (χ3n) is 2.40. The van der Waals surface area contributed by atoms with Gasteiger partial charge in [0.25, 0.3) is 0 Å². The van der Waals surface area contributed by atoms with Gasteiger partial charge in [-0.3, -0.25) is 9.48 Å². The van der Waals surface area contributed by atoms with Crippen molar-refractivity contribution >= 4 is 5.97 Å². The maximum absolute atomic E-state index is 11.5. The molecule has 0 aliphatic carbocycles. The number of hydrogen-bond acceptors (Lipinski definition) is 4. The second kappa shape index (κ2) is 5.65. The van der Waals surface area contributed by atoms with Crippen LogP contribution in [0.25, 0.3) is 0 Å². The summed E-state index contributed by atoms with van der Waals surface area (Å²) in [7, 11) is 5.74. The number of carbonyl (C=O) groups excluding carboxylic acids is 1. The van der Waals surface area contributed by atoms with Crippen molar-refractivity contribution in [3.05, 3.63) is 18.0 Å². The number of nitrogens with zero attached hydrogens (tertiary/aromatic N) is 3. The van der Waals surface area contributed by atoms with E-state index in [-0.39, 0.29) is 12.0 Å². The van der Waals surface area contributed by atoms with Crippen LogP contribution in [0, 0.1) is 0 Å². The van der Waals surface area contributed by atoms with E-state index in [1.54, 1.807) is 10.9 Å². The van der Waals surface area contributed by atoms with Gasteiger partial charge >= 0.3 is 5.97 Å². The zero-order chi connectivity index (χ0) is 12.1. The largest absolute Gasteiger partial charge is 0.466 e. The fraction of sp³-hybridized carbons (Fsp3) is 0.636. The van der Waals surface area contributed by atoms with Crippen LogP contribution in [-0.4, -0.2) is 41.4 Å². The van der Waals surface area contributed by atoms with Crippen LogP contribution < -0.4 is 0 Å². The number of rotatable bonds is 5. The normalized spacial score (nSPS) is 12.8. The summed E-state index contributed by atoms with van der Waals surface area (Å²) in [5, 5.41) is 4.11. The molecule has 0 bridgehead atoms. The highest BCUT2D eigenvalue weighted by Gasteiger charge is 2.20. The molecular formula is C11H19N3O2. The lowest BCUT2D eigenvalue weighted by atomic mass is 10.1. The van der Waals surface area contributed by atoms with E-state index in [0.717, 1.165) is 5.56 Å². The van der Waals surface area contributed by atoms with Crippen LogP contribution in [0.3, 0.4) is 0 Å². The standard InChI is InChI=1S/C11H19N3O2/c1-5-16-11(15)6-10(13(2)3)9-7-12-14(4)8-9/h7-8,10H,5-6H2,1-4H3. The Kier molecular flexibility index (Phi) is 4.49. The van der Waals surface area contributed by atoms with Crippen molar-refractivity contribution in [2.24, 2.45) is 7.05 Å². The summed E-state index contributed by atoms with van der Waals surface area (Å²) in [5.74, 6) is -0.176. The third kappa shape index (κ3) is 3.34. The summed E-state index contributed by atoms with van der Waals surface area (Å²) < 4.78 is 6.69. The van der Waals surface area contributed by atoms with Gasteiger partial charge < -0.3 is 9.64 Å². The van der Waals surface area contributed by atoms with Gasteiger partial charge in [-0.15, -0.1) is 0 Å². The monoisotopic (exact) mass is 225 g/mol. The van der Waals surface area contributed by atoms with Gasteiger partial charge in [0.15, 0.2) is 0 Å². The zero-order valence-corrected chi connectivity index (χ0v) is 10.3. The molecule has 1 aromatic heterocycles. The lowest BCUT2D eigenvalue weighted by Crippen LogP contribution is -2.23. The van der Waals surface area contributed by atoms with E-state index in [2.05, 4.69) is 5.10 Å². The highest BCUT2D eigenvalue weighted by molar-refractivity contribution is 5.70. The number of carbonyl (C=O) groups is 1. The Morgan fingerprint density at radius 1 is 1.62 bits per heavy atom. The van der Waals surface area contributed by atoms with Crippen molar-refractivity contribution in [1.29, 1.82) is 0 Å². The number of aryl methyl sites for hydroxylation is 1. The Hall–Kier alpha value is -1.36. The summed E-state index contributed by atoms with van der Waals surface area (Å²) in [6.07, 6.45) is 4.06. The van der Waals surface area contributed by atoms with Crippen molar-refractivity contribution in [3.63, 3.8) is 0 Å². The smallest absolute Gasteiger partial charge is 0.307 e. The first-order chi connectivity index (χ1) is 7.54. The molecule has 1 rings (SSSR count). The predicted octanol–water partition coefficient (Wildman–Crippen LogP) is 0.976. The second-order valence-electron chi connectivity index (χ2n) is 3.94. The SMILES string of the molecule is CCOC(=O)CC(c1cnn(C)c1)N(C)C. The quantitative estimate of drug-likeness (QED) is 0.701. The molecule has 0 aromatic carbocycles. The molecule has 0 fully saturated rings. The maximum atomic E-state index is 11.5. The molecule has 5 nitrogen and oxygen atoms in total. The first-order valence-electron chi connectivity index (χ1n) is 5.35. The van der Waals surface area contributed by atoms with E-state index in [1.165, 1.54) is 0 Å². The molecule has 1 unspecified atom stereocenters. The maximum Gasteiger partial charge on any atom is 0.307 e. The fourth-order valence-electron chi connectivity index (χ4n) is 1.59. The van der Waals surface area contributed by atoms with E-state index in [4.69, 9.17) is 4.74 Å². The van der Waals surface area contributed by atoms with Crippen LogP contribution in [0.4, 0.5) is 0 Å². The zero-order valence-electron chi connectivity index (χ0n) is 10.3. The van der Waals surface area contributed by atoms with Crippen LogP contribution >= 0.6 is 0 Å². The topological polar surface area (TPSA) is 47.4 Å². The van der Waals surface area contributed by atoms with Crippen LogP contribution in [-0.2, 0) is 16.6 Å². The van der Waals surface area contributed by atoms with Crippen LogP contribution in [0.2, 0.25) is 0 Å². The molecule has 0 radical (unpaired) electrons. The first-order valence-corrected chi connectivity index (χ1v) is 5.35. The molecule has 0 N–H and O–H groups in total. The lowest BCUT2D eigenvalue weighted by molar-refractivity contribution is -0.144. The summed E-state index contributed by atoms with van der Waals surface area (Å²) >= 11 is 0. The summed E-state index contributed by atoms with van der Waals surface area (Å²) in [6.45, 7) is 2.23. The van der Waals surface area contributed by atoms with Gasteiger partial charge in [-0.2, -0.15) is 5.10 Å². The molecule has 90 valence electrons. The van der Waals surface area contributed by atoms with Gasteiger partial charge in [-0.1, -0.05) is 0 Å². The molecule has 0 spiro atoms. The van der Waals surface area contributed by atoms with Crippen molar-refractivity contribution in [2.45, 2.75) is 19.4 Å². The fourth-order valence-corrected chi connectivity index (χ4v) is 1.59. The molecule has 1 atom stereocenters. The Balaban J connectivity index is 2.72. The average Bonchev–Trinajstić information content (AvgIpc) is 2.61. The Morgan fingerprint density at radius 2 is 2.31 bits per heavy atom. The lowest BCUT2D eigenvalue weighted by Gasteiger charge is -2.22. The van der Waals surface area contributed by atoms with Gasteiger partial charge in [0.2, 0.25) is 0 Å². The van der Waals surface area contributed by atoms with E-state index in [1.807, 2.05) is 39.2 Å². The summed E-state index contributed by atoms with van der Waals surface area (Å²) in [6, 6.07) is 0.0211. The molecular weight excluding hydrogens is 206 g/mol. The van der Waals surface area contributed by atoms with Gasteiger partial charge in [0.1, 0.15) is 0 Å². The number of esters is 1. The third-order valence-corrected chi connectivity index (χ3v) is 2.40. The molecule has 16 heavy (non-hydrogen) atoms. The molecule has 0 aliphatic heterocycles. The second-order valence-corrected chi connectivity index (χ2v) is 3.94. The van der Waals surface area contributed by atoms with Crippen LogP contribution in [0.5, 0.6) is 0 Å². The highest BCUT2D eigenvalue weighted by atomic mass is 16.5. The van der Waals surface area contributed by atoms with Gasteiger partial charge in [0, 0.05) is 24.8 Å². The van der Waals surface area contributed by atoms with Crippen molar-refractivity contribution in [1.82, 2.24) is 14.7 Å². The van der Waals surface area contributed by atoms with E-state index < -0.39 is 0 Å². The number of ether oxygens (including phenoxy) is 1. The van der Waals surface area contributed by atoms with Gasteiger partial charge in [-0.05, 0) is 21.0 Å². The predicted molar refractivity (Wildman–Crippen MR) is 60.9 cm³/mol. The van der Waals surface area contributed by atoms with E-state index in [9.17, 15) is 4.79 Å². The molecule has 1 heterocycles. The van der Waals surface area contributed by atoms with Gasteiger partial charge in [0.05, 0.1) is 19.2 Å². The van der Waals surface area contributed by atoms with Crippen LogP contribution in [0.15, 0.2) is 12.4 Å². The van der Waals surface area contributed by atoms with Gasteiger partial charge in [-0.25, -0.2) is 0 Å². The minimum absolute atomic E-state index is 0.0211. The average molecular weight is 225 g/mol. The minimum atomic E-state index is -0.176. The molecule has 0 amide bonds. The summed E-state index contributed by atoms with van der Waals surface area (Å²) in [5.41, 5.74) is 1.03. The highest BCUT2D eigenvalue weighted by Crippen LogP contribution is 2.21. The molecule has 5 heteroatoms. The molecule has 0 aliphatic rings. The minimum Gasteiger partial charge on any atom is -0.466 e. The van der Waals surface area contributed by atoms with E-state index >= 15 is 0 Å². The number of hydrogen-bond donors (Lipinski definition) is 0. The van der Waals surface area contributed by atoms with Crippen molar-refractivity contribution in [2.75, 3.05) is 20.7 Å². The van der Waals surface area contributed by atoms with E-state index in [0.29, 0.717) is 13.0 Å². The molecule has 0 saturated heterocycles. The Labute approximate surface area is 96.0 Å². The Bertz CT molecular complexity index is 347. The Morgan fingerprint density at radius 3 is 2.75 bits per heavy atom. The molecule has 0 saturated carbocycles. The first kappa shape index (κ1) is 12.7. The van der Waals surface area contributed by atoms with Crippen LogP contribution in [0.1, 0.15) is 24.9 Å². The van der Waals surface area contributed by atoms with Crippen molar-refractivity contribution < 1.29 is 9.53 Å². The molecule has 1 aromatic rings.